The Morgan fingerprint density at radius 2 is 2.05 bits per heavy atom. The van der Waals surface area contributed by atoms with Crippen molar-refractivity contribution in [2.45, 2.75) is 17.1 Å². The lowest BCUT2D eigenvalue weighted by atomic mass is 10.5. The van der Waals surface area contributed by atoms with Crippen molar-refractivity contribution in [1.29, 1.82) is 0 Å². The highest BCUT2D eigenvalue weighted by Crippen LogP contribution is 2.23. The van der Waals surface area contributed by atoms with Gasteiger partial charge in [-0.1, -0.05) is 0 Å². The second kappa shape index (κ2) is 5.22. The zero-order valence-electron chi connectivity index (χ0n) is 10.6. The molecule has 0 aromatic carbocycles. The third kappa shape index (κ3) is 2.99. The van der Waals surface area contributed by atoms with Crippen molar-refractivity contribution in [3.63, 3.8) is 0 Å². The van der Waals surface area contributed by atoms with Crippen LogP contribution in [0.5, 0.6) is 0 Å². The molecule has 0 aliphatic heterocycles. The van der Waals surface area contributed by atoms with Gasteiger partial charge in [0.2, 0.25) is 0 Å². The van der Waals surface area contributed by atoms with E-state index in [2.05, 4.69) is 25.4 Å². The number of nitrogens with zero attached hydrogens (tertiary/aromatic N) is 4. The second-order valence-corrected chi connectivity index (χ2v) is 4.68. The molecule has 0 saturated carbocycles. The predicted molar refractivity (Wildman–Crippen MR) is 70.5 cm³/mol. The van der Waals surface area contributed by atoms with Crippen LogP contribution in [0.4, 0.5) is 5.82 Å². The van der Waals surface area contributed by atoms with Gasteiger partial charge in [0.25, 0.3) is 0 Å². The van der Waals surface area contributed by atoms with Gasteiger partial charge >= 0.3 is 11.1 Å². The molecular formula is C10H12N6O2S. The number of aromatic amines is 1. The maximum Gasteiger partial charge on any atom is 0.339 e. The smallest absolute Gasteiger partial charge is 0.339 e. The minimum absolute atomic E-state index is 0.352. The molecule has 0 aliphatic carbocycles. The quantitative estimate of drug-likeness (QED) is 0.590. The van der Waals surface area contributed by atoms with E-state index in [1.54, 1.807) is 27.1 Å². The molecule has 0 aliphatic rings. The Balaban J connectivity index is 2.41. The summed E-state index contributed by atoms with van der Waals surface area (Å²) in [7, 11) is 3.35. The van der Waals surface area contributed by atoms with Gasteiger partial charge in [-0.15, -0.1) is 0 Å². The number of aromatic nitrogens is 5. The van der Waals surface area contributed by atoms with E-state index in [-0.39, 0.29) is 0 Å². The van der Waals surface area contributed by atoms with Crippen molar-refractivity contribution >= 4 is 17.6 Å². The van der Waals surface area contributed by atoms with Crippen molar-refractivity contribution in [2.24, 2.45) is 7.05 Å². The molecule has 0 bridgehead atoms. The summed E-state index contributed by atoms with van der Waals surface area (Å²) < 4.78 is 1.38. The normalized spacial score (nSPS) is 10.5. The molecule has 2 heterocycles. The van der Waals surface area contributed by atoms with Crippen molar-refractivity contribution in [3.05, 3.63) is 32.6 Å². The fourth-order valence-electron chi connectivity index (χ4n) is 1.37. The summed E-state index contributed by atoms with van der Waals surface area (Å²) in [5, 5.41) is 6.28. The highest BCUT2D eigenvalue weighted by Gasteiger charge is 2.08. The summed E-state index contributed by atoms with van der Waals surface area (Å²) >= 11 is 1.17. The molecule has 0 radical (unpaired) electrons. The standard InChI is InChI=1S/C10H12N6O2S/c1-5-12-6(11-2)4-7(13-5)19-10-14-8(17)9(18)15-16(10)3/h4H,1-3H3,(H,15,18)(H,11,12,13). The average molecular weight is 280 g/mol. The first-order valence-corrected chi connectivity index (χ1v) is 6.20. The minimum atomic E-state index is -0.819. The Labute approximate surface area is 112 Å². The second-order valence-electron chi connectivity index (χ2n) is 3.69. The third-order valence-corrected chi connectivity index (χ3v) is 3.18. The number of hydrogen-bond acceptors (Lipinski definition) is 7. The van der Waals surface area contributed by atoms with Gasteiger partial charge in [0.1, 0.15) is 16.7 Å². The topological polar surface area (TPSA) is 106 Å². The lowest BCUT2D eigenvalue weighted by molar-refractivity contribution is 0.596. The molecule has 2 rings (SSSR count). The van der Waals surface area contributed by atoms with Gasteiger partial charge < -0.3 is 5.32 Å². The minimum Gasteiger partial charge on any atom is -0.373 e. The number of nitrogens with one attached hydrogen (secondary N) is 2. The zero-order chi connectivity index (χ0) is 14.0. The molecule has 2 N–H and O–H groups in total. The SMILES string of the molecule is CNc1cc(Sc2nc(=O)c(=O)[nH]n2C)nc(C)n1. The summed E-state index contributed by atoms with van der Waals surface area (Å²) in [4.78, 5) is 34.4. The monoisotopic (exact) mass is 280 g/mol. The highest BCUT2D eigenvalue weighted by atomic mass is 32.2. The lowest BCUT2D eigenvalue weighted by Gasteiger charge is -2.07. The van der Waals surface area contributed by atoms with Crippen molar-refractivity contribution in [3.8, 4) is 0 Å². The number of hydrogen-bond donors (Lipinski definition) is 2. The Bertz CT molecular complexity index is 723. The van der Waals surface area contributed by atoms with Crippen molar-refractivity contribution < 1.29 is 0 Å². The Morgan fingerprint density at radius 3 is 2.74 bits per heavy atom. The first-order valence-electron chi connectivity index (χ1n) is 5.38. The molecule has 9 heteroatoms. The molecule has 2 aromatic heterocycles. The predicted octanol–water partition coefficient (Wildman–Crippen LogP) is -0.240. The Hall–Kier alpha value is -2.16. The maximum absolute atomic E-state index is 11.2. The van der Waals surface area contributed by atoms with E-state index in [9.17, 15) is 9.59 Å². The summed E-state index contributed by atoms with van der Waals surface area (Å²) in [6, 6.07) is 1.73. The van der Waals surface area contributed by atoms with Gasteiger partial charge in [0.15, 0.2) is 5.16 Å². The molecule has 2 aromatic rings. The number of rotatable bonds is 3. The Kier molecular flexibility index (Phi) is 3.65. The zero-order valence-corrected chi connectivity index (χ0v) is 11.4. The summed E-state index contributed by atoms with van der Waals surface area (Å²) in [6.45, 7) is 1.77. The van der Waals surface area contributed by atoms with Crippen LogP contribution in [0, 0.1) is 6.92 Å². The van der Waals surface area contributed by atoms with Gasteiger partial charge in [-0.2, -0.15) is 4.98 Å². The maximum atomic E-state index is 11.2. The van der Waals surface area contributed by atoms with E-state index in [1.165, 1.54) is 16.4 Å². The van der Waals surface area contributed by atoms with E-state index < -0.39 is 11.1 Å². The first-order chi connectivity index (χ1) is 8.99. The van der Waals surface area contributed by atoms with Gasteiger partial charge in [-0.3, -0.25) is 19.4 Å². The molecule has 0 amide bonds. The van der Waals surface area contributed by atoms with Crippen LogP contribution in [0.2, 0.25) is 0 Å². The fraction of sp³-hybridized carbons (Fsp3) is 0.300. The van der Waals surface area contributed by atoms with Crippen LogP contribution in [-0.4, -0.2) is 31.8 Å². The van der Waals surface area contributed by atoms with Gasteiger partial charge in [-0.05, 0) is 18.7 Å². The van der Waals surface area contributed by atoms with Gasteiger partial charge in [0.05, 0.1) is 0 Å². The van der Waals surface area contributed by atoms with Gasteiger partial charge in [0, 0.05) is 20.2 Å². The van der Waals surface area contributed by atoms with Crippen molar-refractivity contribution in [1.82, 2.24) is 24.7 Å². The molecule has 0 unspecified atom stereocenters. The summed E-state index contributed by atoms with van der Waals surface area (Å²) in [5.74, 6) is 1.27. The molecule has 19 heavy (non-hydrogen) atoms. The summed E-state index contributed by atoms with van der Waals surface area (Å²) in [5.41, 5.74) is -1.57. The van der Waals surface area contributed by atoms with Gasteiger partial charge in [-0.25, -0.2) is 9.97 Å². The Morgan fingerprint density at radius 1 is 1.32 bits per heavy atom. The number of anilines is 1. The van der Waals surface area contributed by atoms with E-state index in [1.807, 2.05) is 0 Å². The van der Waals surface area contributed by atoms with E-state index in [0.717, 1.165) is 0 Å². The summed E-state index contributed by atoms with van der Waals surface area (Å²) in [6.07, 6.45) is 0. The third-order valence-electron chi connectivity index (χ3n) is 2.21. The number of H-pyrrole nitrogens is 1. The molecular weight excluding hydrogens is 268 g/mol. The number of aryl methyl sites for hydroxylation is 2. The van der Waals surface area contributed by atoms with Crippen molar-refractivity contribution in [2.75, 3.05) is 12.4 Å². The molecule has 0 atom stereocenters. The van der Waals surface area contributed by atoms with E-state index in [4.69, 9.17) is 0 Å². The van der Waals surface area contributed by atoms with E-state index >= 15 is 0 Å². The molecule has 8 nitrogen and oxygen atoms in total. The molecule has 0 fully saturated rings. The van der Waals surface area contributed by atoms with Crippen LogP contribution in [0.3, 0.4) is 0 Å². The average Bonchev–Trinajstić information content (AvgIpc) is 2.35. The highest BCUT2D eigenvalue weighted by molar-refractivity contribution is 7.99. The lowest BCUT2D eigenvalue weighted by Crippen LogP contribution is -2.33. The van der Waals surface area contributed by atoms with Crippen LogP contribution < -0.4 is 16.4 Å². The van der Waals surface area contributed by atoms with Crippen LogP contribution in [0.15, 0.2) is 25.8 Å². The molecule has 0 saturated heterocycles. The first kappa shape index (κ1) is 13.3. The molecule has 100 valence electrons. The fourth-order valence-corrected chi connectivity index (χ4v) is 2.21. The van der Waals surface area contributed by atoms with Crippen LogP contribution in [0.1, 0.15) is 5.82 Å². The van der Waals surface area contributed by atoms with Crippen LogP contribution >= 0.6 is 11.8 Å². The van der Waals surface area contributed by atoms with Crippen LogP contribution in [0.25, 0.3) is 0 Å². The van der Waals surface area contributed by atoms with E-state index in [0.29, 0.717) is 21.8 Å². The molecule has 0 spiro atoms. The van der Waals surface area contributed by atoms with Crippen LogP contribution in [-0.2, 0) is 7.05 Å². The largest absolute Gasteiger partial charge is 0.373 e.